The second kappa shape index (κ2) is 6.12. The summed E-state index contributed by atoms with van der Waals surface area (Å²) in [6.07, 6.45) is 0. The molecule has 0 bridgehead atoms. The first kappa shape index (κ1) is 15.1. The van der Waals surface area contributed by atoms with Crippen molar-refractivity contribution in [2.75, 3.05) is 16.8 Å². The highest BCUT2D eigenvalue weighted by atomic mass is 16.4. The third kappa shape index (κ3) is 3.18. The van der Waals surface area contributed by atoms with Crippen molar-refractivity contribution in [3.05, 3.63) is 53.6 Å². The fourth-order valence-electron chi connectivity index (χ4n) is 2.59. The lowest BCUT2D eigenvalue weighted by Crippen LogP contribution is -2.30. The lowest BCUT2D eigenvalue weighted by Gasteiger charge is -2.22. The van der Waals surface area contributed by atoms with Crippen LogP contribution in [0.2, 0.25) is 0 Å². The summed E-state index contributed by atoms with van der Waals surface area (Å²) in [5.74, 6) is -0.198. The molecule has 1 aliphatic rings. The van der Waals surface area contributed by atoms with Gasteiger partial charge in [-0.2, -0.15) is 5.26 Å². The molecule has 0 saturated carbocycles. The van der Waals surface area contributed by atoms with Gasteiger partial charge in [0.05, 0.1) is 18.2 Å². The van der Waals surface area contributed by atoms with Crippen LogP contribution in [-0.4, -0.2) is 29.6 Å². The predicted molar refractivity (Wildman–Crippen MR) is 87.1 cm³/mol. The zero-order chi connectivity index (χ0) is 16.4. The second-order valence-corrected chi connectivity index (χ2v) is 5.36. The predicted octanol–water partition coefficient (Wildman–Crippen LogP) is 0.197. The third-order valence-electron chi connectivity index (χ3n) is 3.74. The highest BCUT2D eigenvalue weighted by Crippen LogP contribution is 2.24. The van der Waals surface area contributed by atoms with Crippen molar-refractivity contribution in [3.63, 3.8) is 0 Å². The van der Waals surface area contributed by atoms with Gasteiger partial charge in [-0.05, 0) is 35.3 Å². The van der Waals surface area contributed by atoms with E-state index in [2.05, 4.69) is 11.4 Å². The molecule has 0 aromatic heterocycles. The van der Waals surface area contributed by atoms with E-state index in [4.69, 9.17) is 5.26 Å². The van der Waals surface area contributed by atoms with Gasteiger partial charge < -0.3 is 20.3 Å². The molecule has 0 atom stereocenters. The molecule has 0 fully saturated rings. The van der Waals surface area contributed by atoms with Gasteiger partial charge in [-0.3, -0.25) is 4.79 Å². The molecule has 0 spiro atoms. The highest BCUT2D eigenvalue weighted by molar-refractivity contribution is 6.58. The van der Waals surface area contributed by atoms with Gasteiger partial charge in [0.15, 0.2) is 0 Å². The van der Waals surface area contributed by atoms with Crippen LogP contribution in [0.4, 0.5) is 11.4 Å². The molecule has 7 heteroatoms. The molecule has 0 saturated heterocycles. The maximum Gasteiger partial charge on any atom is 0.488 e. The van der Waals surface area contributed by atoms with Crippen molar-refractivity contribution in [3.8, 4) is 6.07 Å². The number of benzene rings is 2. The lowest BCUT2D eigenvalue weighted by atomic mass is 9.79. The number of nitrogens with one attached hydrogen (secondary N) is 1. The second-order valence-electron chi connectivity index (χ2n) is 5.36. The molecule has 0 unspecified atom stereocenters. The maximum absolute atomic E-state index is 12.1. The van der Waals surface area contributed by atoms with Crippen molar-refractivity contribution in [1.82, 2.24) is 0 Å². The first-order chi connectivity index (χ1) is 11.1. The van der Waals surface area contributed by atoms with Crippen molar-refractivity contribution in [2.24, 2.45) is 0 Å². The van der Waals surface area contributed by atoms with Gasteiger partial charge >= 0.3 is 7.12 Å². The number of anilines is 2. The van der Waals surface area contributed by atoms with Crippen LogP contribution in [0.25, 0.3) is 0 Å². The van der Waals surface area contributed by atoms with Crippen molar-refractivity contribution >= 4 is 29.9 Å². The first-order valence-electron chi connectivity index (χ1n) is 7.11. The summed E-state index contributed by atoms with van der Waals surface area (Å²) in [5, 5.41) is 30.3. The average Bonchev–Trinajstić information content (AvgIpc) is 2.72. The summed E-state index contributed by atoms with van der Waals surface area (Å²) >= 11 is 0. The van der Waals surface area contributed by atoms with E-state index in [0.717, 1.165) is 11.3 Å². The van der Waals surface area contributed by atoms with Gasteiger partial charge in [0.2, 0.25) is 5.91 Å². The van der Waals surface area contributed by atoms with E-state index < -0.39 is 7.12 Å². The molecule has 3 rings (SSSR count). The lowest BCUT2D eigenvalue weighted by molar-refractivity contribution is -0.114. The zero-order valence-corrected chi connectivity index (χ0v) is 12.2. The SMILES string of the molecule is N#Cc1cccc(N2CC(=O)Nc3cc(B(O)O)ccc3C2)c1. The Bertz CT molecular complexity index is 801. The van der Waals surface area contributed by atoms with Crippen LogP contribution in [0.3, 0.4) is 0 Å². The zero-order valence-electron chi connectivity index (χ0n) is 12.2. The quantitative estimate of drug-likeness (QED) is 0.689. The summed E-state index contributed by atoms with van der Waals surface area (Å²) < 4.78 is 0. The van der Waals surface area contributed by atoms with Gasteiger partial charge in [0.25, 0.3) is 0 Å². The normalized spacial score (nSPS) is 13.6. The van der Waals surface area contributed by atoms with Crippen LogP contribution >= 0.6 is 0 Å². The number of fused-ring (bicyclic) bond motifs is 1. The summed E-state index contributed by atoms with van der Waals surface area (Å²) in [4.78, 5) is 14.0. The van der Waals surface area contributed by atoms with Gasteiger partial charge in [-0.25, -0.2) is 0 Å². The summed E-state index contributed by atoms with van der Waals surface area (Å²) in [6, 6.07) is 14.1. The minimum Gasteiger partial charge on any atom is -0.423 e. The molecule has 114 valence electrons. The molecule has 0 aliphatic carbocycles. The van der Waals surface area contributed by atoms with Crippen molar-refractivity contribution < 1.29 is 14.8 Å². The van der Waals surface area contributed by atoms with E-state index in [1.807, 2.05) is 11.0 Å². The molecule has 23 heavy (non-hydrogen) atoms. The molecule has 3 N–H and O–H groups in total. The fourth-order valence-corrected chi connectivity index (χ4v) is 2.59. The summed E-state index contributed by atoms with van der Waals surface area (Å²) in [5.41, 5.74) is 3.08. The molecule has 6 nitrogen and oxygen atoms in total. The number of carbonyl (C=O) groups is 1. The minimum absolute atomic E-state index is 0.153. The Balaban J connectivity index is 1.96. The number of hydrogen-bond donors (Lipinski definition) is 3. The third-order valence-corrected chi connectivity index (χ3v) is 3.74. The fraction of sp³-hybridized carbons (Fsp3) is 0.125. The topological polar surface area (TPSA) is 96.6 Å². The monoisotopic (exact) mass is 307 g/mol. The van der Waals surface area contributed by atoms with Crippen LogP contribution in [0.1, 0.15) is 11.1 Å². The van der Waals surface area contributed by atoms with E-state index >= 15 is 0 Å². The molecule has 0 radical (unpaired) electrons. The van der Waals surface area contributed by atoms with Crippen LogP contribution in [0.5, 0.6) is 0 Å². The highest BCUT2D eigenvalue weighted by Gasteiger charge is 2.21. The smallest absolute Gasteiger partial charge is 0.423 e. The standard InChI is InChI=1S/C16H14BN3O3/c18-8-11-2-1-3-14(6-11)20-9-12-4-5-13(17(22)23)7-15(12)19-16(21)10-20/h1-7,22-23H,9-10H2,(H,19,21). The number of hydrogen-bond acceptors (Lipinski definition) is 5. The Morgan fingerprint density at radius 3 is 2.74 bits per heavy atom. The van der Waals surface area contributed by atoms with E-state index in [0.29, 0.717) is 23.3 Å². The minimum atomic E-state index is -1.58. The molecule has 1 heterocycles. The van der Waals surface area contributed by atoms with E-state index in [-0.39, 0.29) is 12.5 Å². The largest absolute Gasteiger partial charge is 0.488 e. The Morgan fingerprint density at radius 1 is 1.17 bits per heavy atom. The Kier molecular flexibility index (Phi) is 4.02. The average molecular weight is 307 g/mol. The number of rotatable bonds is 2. The van der Waals surface area contributed by atoms with Crippen molar-refractivity contribution in [2.45, 2.75) is 6.54 Å². The Labute approximate surface area is 133 Å². The molecule has 1 amide bonds. The van der Waals surface area contributed by atoms with Crippen molar-refractivity contribution in [1.29, 1.82) is 5.26 Å². The molecule has 1 aliphatic heterocycles. The van der Waals surface area contributed by atoms with Gasteiger partial charge in [0.1, 0.15) is 0 Å². The molecule has 2 aromatic carbocycles. The Hall–Kier alpha value is -2.82. The number of nitriles is 1. The van der Waals surface area contributed by atoms with E-state index in [1.54, 1.807) is 36.4 Å². The Morgan fingerprint density at radius 2 is 2.00 bits per heavy atom. The molecule has 2 aromatic rings. The van der Waals surface area contributed by atoms with E-state index in [1.165, 1.54) is 0 Å². The maximum atomic E-state index is 12.1. The number of amides is 1. The number of nitrogens with zero attached hydrogens (tertiary/aromatic N) is 2. The van der Waals surface area contributed by atoms with Crippen LogP contribution < -0.4 is 15.7 Å². The van der Waals surface area contributed by atoms with Crippen LogP contribution in [0, 0.1) is 11.3 Å². The summed E-state index contributed by atoms with van der Waals surface area (Å²) in [6.45, 7) is 0.630. The van der Waals surface area contributed by atoms with Gasteiger partial charge in [-0.1, -0.05) is 18.2 Å². The molecular weight excluding hydrogens is 293 g/mol. The molecular formula is C16H14BN3O3. The van der Waals surface area contributed by atoms with E-state index in [9.17, 15) is 14.8 Å². The van der Waals surface area contributed by atoms with Gasteiger partial charge in [0, 0.05) is 17.9 Å². The summed E-state index contributed by atoms with van der Waals surface area (Å²) in [7, 11) is -1.58. The first-order valence-corrected chi connectivity index (χ1v) is 7.11. The van der Waals surface area contributed by atoms with Crippen LogP contribution in [-0.2, 0) is 11.3 Å². The number of carbonyl (C=O) groups excluding carboxylic acids is 1. The van der Waals surface area contributed by atoms with Crippen LogP contribution in [0.15, 0.2) is 42.5 Å². The van der Waals surface area contributed by atoms with Gasteiger partial charge in [-0.15, -0.1) is 0 Å².